The van der Waals surface area contributed by atoms with E-state index in [4.69, 9.17) is 32.5 Å². The monoisotopic (exact) mass is 698 g/mol. The molecule has 2 aliphatic heterocycles. The second-order valence-electron chi connectivity index (χ2n) is 14.9. The molecule has 10 heteroatoms. The highest BCUT2D eigenvalue weighted by Crippen LogP contribution is 2.55. The van der Waals surface area contributed by atoms with Gasteiger partial charge in [0, 0.05) is 11.8 Å². The van der Waals surface area contributed by atoms with E-state index in [1.165, 1.54) is 0 Å². The molecule has 0 aromatic heterocycles. The highest BCUT2D eigenvalue weighted by Gasteiger charge is 2.47. The van der Waals surface area contributed by atoms with Crippen LogP contribution in [0.3, 0.4) is 0 Å². The maximum Gasteiger partial charge on any atom is 0.475 e. The summed E-state index contributed by atoms with van der Waals surface area (Å²) >= 11 is 0. The first-order valence-electron chi connectivity index (χ1n) is 18.6. The Morgan fingerprint density at radius 2 is 1.25 bits per heavy atom. The average molecular weight is 699 g/mol. The van der Waals surface area contributed by atoms with Crippen LogP contribution in [0.25, 0.3) is 0 Å². The number of aliphatic hydroxyl groups excluding tert-OH is 1. The van der Waals surface area contributed by atoms with Gasteiger partial charge in [-0.15, -0.1) is 0 Å². The molecule has 2 aliphatic rings. The quantitative estimate of drug-likeness (QED) is 0.126. The van der Waals surface area contributed by atoms with Crippen LogP contribution in [0.4, 0.5) is 0 Å². The standard InChI is InChI=1S/C38H67O9P/c1-12-24(4)28(8)25(5)20-42-38-31(11)36(34(14-3)46-38)47-48(40,44-23-32-18-16-15-17-19-32)43-22-27(7)29(9)26(6)21-41-37-30(10)35(39)33(13-2)45-37/h15-19,24-31,33-39H,12-14,20-23H2,1-11H3/t24?,25?,26?,27?,28?,29?,30?,31?,33-,34-,35-,36-,37-,38-,48?/m1/s1. The van der Waals surface area contributed by atoms with Crippen LogP contribution < -0.4 is 0 Å². The summed E-state index contributed by atoms with van der Waals surface area (Å²) in [5, 5.41) is 10.4. The van der Waals surface area contributed by atoms with Crippen LogP contribution in [-0.2, 0) is 43.7 Å². The van der Waals surface area contributed by atoms with Gasteiger partial charge >= 0.3 is 7.82 Å². The molecule has 2 fully saturated rings. The van der Waals surface area contributed by atoms with Crippen molar-refractivity contribution in [2.24, 2.45) is 47.3 Å². The van der Waals surface area contributed by atoms with E-state index in [0.717, 1.165) is 18.4 Å². The van der Waals surface area contributed by atoms with Gasteiger partial charge in [-0.1, -0.05) is 113 Å². The minimum absolute atomic E-state index is 0.0287. The zero-order valence-electron chi connectivity index (χ0n) is 31.6. The topological polar surface area (TPSA) is 102 Å². The largest absolute Gasteiger partial charge is 0.475 e. The highest BCUT2D eigenvalue weighted by atomic mass is 31.2. The maximum atomic E-state index is 14.4. The summed E-state index contributed by atoms with van der Waals surface area (Å²) in [4.78, 5) is 0. The number of hydrogen-bond donors (Lipinski definition) is 1. The molecule has 0 radical (unpaired) electrons. The number of phosphoric ester groups is 1. The lowest BCUT2D eigenvalue weighted by Gasteiger charge is -2.30. The fourth-order valence-corrected chi connectivity index (χ4v) is 8.13. The van der Waals surface area contributed by atoms with E-state index in [2.05, 4.69) is 48.5 Å². The van der Waals surface area contributed by atoms with E-state index >= 15 is 0 Å². The minimum atomic E-state index is -4.02. The Morgan fingerprint density at radius 1 is 0.729 bits per heavy atom. The van der Waals surface area contributed by atoms with Gasteiger partial charge < -0.3 is 24.1 Å². The molecule has 0 bridgehead atoms. The zero-order chi connectivity index (χ0) is 35.6. The number of rotatable bonds is 21. The van der Waals surface area contributed by atoms with Crippen molar-refractivity contribution in [2.45, 2.75) is 139 Å². The number of aliphatic hydroxyl groups is 1. The van der Waals surface area contributed by atoms with Gasteiger partial charge in [0.15, 0.2) is 12.6 Å². The average Bonchev–Trinajstić information content (AvgIpc) is 3.55. The van der Waals surface area contributed by atoms with E-state index in [1.807, 2.05) is 58.0 Å². The van der Waals surface area contributed by atoms with Crippen LogP contribution in [-0.4, -0.2) is 61.9 Å². The molecular weight excluding hydrogens is 631 g/mol. The Balaban J connectivity index is 1.64. The maximum absolute atomic E-state index is 14.4. The van der Waals surface area contributed by atoms with Crippen molar-refractivity contribution in [3.8, 4) is 0 Å². The van der Waals surface area contributed by atoms with Crippen LogP contribution in [0.1, 0.15) is 101 Å². The lowest BCUT2D eigenvalue weighted by atomic mass is 9.84. The van der Waals surface area contributed by atoms with Gasteiger partial charge in [0.05, 0.1) is 44.7 Å². The fraction of sp³-hybridized carbons (Fsp3) is 0.842. The Bertz CT molecular complexity index is 1090. The summed E-state index contributed by atoms with van der Waals surface area (Å²) in [5.74, 6) is 1.63. The van der Waals surface area contributed by atoms with Gasteiger partial charge in [-0.05, 0) is 53.9 Å². The van der Waals surface area contributed by atoms with Crippen molar-refractivity contribution >= 4 is 7.82 Å². The molecule has 278 valence electrons. The summed E-state index contributed by atoms with van der Waals surface area (Å²) in [6.45, 7) is 24.8. The van der Waals surface area contributed by atoms with Crippen LogP contribution in [0.5, 0.6) is 0 Å². The van der Waals surface area contributed by atoms with Crippen LogP contribution in [0.2, 0.25) is 0 Å². The van der Waals surface area contributed by atoms with Gasteiger partial charge in [0.1, 0.15) is 6.10 Å². The number of benzene rings is 1. The third kappa shape index (κ3) is 11.3. The summed E-state index contributed by atoms with van der Waals surface area (Å²) in [6, 6.07) is 9.62. The lowest BCUT2D eigenvalue weighted by molar-refractivity contribution is -0.158. The van der Waals surface area contributed by atoms with Gasteiger partial charge in [-0.3, -0.25) is 13.6 Å². The molecule has 0 aliphatic carbocycles. The SMILES string of the molecule is CCC(C)C(C)C(C)CO[C@@H]1O[C@H](CC)[C@H](OP(=O)(OCc2ccccc2)OCC(C)C(C)C(C)CO[C@@H]2O[C@H](CC)[C@H](O)C2C)C1C. The summed E-state index contributed by atoms with van der Waals surface area (Å²) < 4.78 is 57.7. The van der Waals surface area contributed by atoms with Crippen molar-refractivity contribution in [1.29, 1.82) is 0 Å². The molecule has 2 saturated heterocycles. The smallest absolute Gasteiger partial charge is 0.390 e. The highest BCUT2D eigenvalue weighted by molar-refractivity contribution is 7.48. The Labute approximate surface area is 291 Å². The van der Waals surface area contributed by atoms with Gasteiger partial charge in [0.2, 0.25) is 0 Å². The molecular formula is C38H67O9P. The van der Waals surface area contributed by atoms with Crippen molar-refractivity contribution < 1.29 is 42.2 Å². The third-order valence-corrected chi connectivity index (χ3v) is 12.8. The number of ether oxygens (including phenoxy) is 4. The van der Waals surface area contributed by atoms with Crippen molar-refractivity contribution in [2.75, 3.05) is 19.8 Å². The van der Waals surface area contributed by atoms with Crippen LogP contribution >= 0.6 is 7.82 Å². The first kappa shape index (κ1) is 41.5. The van der Waals surface area contributed by atoms with E-state index in [1.54, 1.807) is 0 Å². The number of phosphoric acid groups is 1. The predicted molar refractivity (Wildman–Crippen MR) is 189 cm³/mol. The summed E-state index contributed by atoms with van der Waals surface area (Å²) in [7, 11) is -4.02. The Morgan fingerprint density at radius 3 is 1.79 bits per heavy atom. The molecule has 0 spiro atoms. The Hall–Kier alpha value is -0.870. The molecule has 9 nitrogen and oxygen atoms in total. The van der Waals surface area contributed by atoms with Gasteiger partial charge in [0.25, 0.3) is 0 Å². The van der Waals surface area contributed by atoms with Gasteiger partial charge in [-0.25, -0.2) is 4.57 Å². The zero-order valence-corrected chi connectivity index (χ0v) is 32.5. The van der Waals surface area contributed by atoms with E-state index in [0.29, 0.717) is 37.4 Å². The van der Waals surface area contributed by atoms with Crippen molar-refractivity contribution in [3.05, 3.63) is 35.9 Å². The number of hydrogen-bond acceptors (Lipinski definition) is 9. The molecule has 0 amide bonds. The van der Waals surface area contributed by atoms with Crippen molar-refractivity contribution in [1.82, 2.24) is 0 Å². The van der Waals surface area contributed by atoms with E-state index < -0.39 is 32.6 Å². The van der Waals surface area contributed by atoms with Crippen molar-refractivity contribution in [3.63, 3.8) is 0 Å². The molecule has 9 unspecified atom stereocenters. The van der Waals surface area contributed by atoms with E-state index in [-0.39, 0.29) is 55.0 Å². The molecule has 1 aromatic rings. The molecule has 2 heterocycles. The summed E-state index contributed by atoms with van der Waals surface area (Å²) in [5.41, 5.74) is 0.879. The second-order valence-corrected chi connectivity index (χ2v) is 16.5. The van der Waals surface area contributed by atoms with E-state index in [9.17, 15) is 9.67 Å². The van der Waals surface area contributed by atoms with Crippen LogP contribution in [0.15, 0.2) is 30.3 Å². The molecule has 48 heavy (non-hydrogen) atoms. The predicted octanol–water partition coefficient (Wildman–Crippen LogP) is 8.88. The van der Waals surface area contributed by atoms with Crippen LogP contribution in [0, 0.1) is 47.3 Å². The first-order valence-corrected chi connectivity index (χ1v) is 20.0. The van der Waals surface area contributed by atoms with Gasteiger partial charge in [-0.2, -0.15) is 0 Å². The molecule has 1 N–H and O–H groups in total. The molecule has 1 aromatic carbocycles. The molecule has 15 atom stereocenters. The first-order chi connectivity index (χ1) is 22.7. The minimum Gasteiger partial charge on any atom is -0.390 e. The normalized spacial score (nSPS) is 32.8. The fourth-order valence-electron chi connectivity index (χ4n) is 6.58. The molecule has 3 rings (SSSR count). The summed E-state index contributed by atoms with van der Waals surface area (Å²) in [6.07, 6.45) is 0.141. The Kier molecular flexibility index (Phi) is 17.0. The lowest BCUT2D eigenvalue weighted by Crippen LogP contribution is -2.31. The second kappa shape index (κ2) is 19.7. The third-order valence-electron chi connectivity index (χ3n) is 11.3. The molecule has 0 saturated carbocycles.